The van der Waals surface area contributed by atoms with Crippen LogP contribution < -0.4 is 10.0 Å². The first-order chi connectivity index (χ1) is 11.6. The summed E-state index contributed by atoms with van der Waals surface area (Å²) < 4.78 is 43.4. The van der Waals surface area contributed by atoms with Crippen molar-refractivity contribution in [2.24, 2.45) is 0 Å². The summed E-state index contributed by atoms with van der Waals surface area (Å²) in [6.45, 7) is 3.45. The monoisotopic (exact) mass is 392 g/mol. The second kappa shape index (κ2) is 7.54. The molecule has 10 heteroatoms. The molecule has 1 unspecified atom stereocenters. The number of nitro benzene ring substituents is 1. The largest absolute Gasteiger partial charge is 0.438 e. The van der Waals surface area contributed by atoms with Crippen molar-refractivity contribution < 1.29 is 22.8 Å². The maximum Gasteiger partial charge on any atom is 0.417 e. The van der Waals surface area contributed by atoms with Crippen LogP contribution in [0.2, 0.25) is 5.02 Å². The van der Waals surface area contributed by atoms with Crippen LogP contribution in [0.1, 0.15) is 18.1 Å². The molecule has 1 atom stereocenters. The zero-order chi connectivity index (χ0) is 18.8. The van der Waals surface area contributed by atoms with E-state index in [1.807, 2.05) is 6.92 Å². The SMILES string of the molecule is CCPc1cc(Oc2ncc(C(F)(F)F)cc2Cl)cc(C)c1[N+](=O)[O-]. The van der Waals surface area contributed by atoms with E-state index in [1.54, 1.807) is 6.92 Å². The third-order valence-electron chi connectivity index (χ3n) is 3.17. The molecule has 0 bridgehead atoms. The first-order valence-electron chi connectivity index (χ1n) is 7.07. The Labute approximate surface area is 148 Å². The molecule has 5 nitrogen and oxygen atoms in total. The normalized spacial score (nSPS) is 11.9. The van der Waals surface area contributed by atoms with Crippen molar-refractivity contribution >= 4 is 31.2 Å². The molecular formula is C15H13ClF3N2O3P. The molecule has 0 spiro atoms. The van der Waals surface area contributed by atoms with Gasteiger partial charge in [0.2, 0.25) is 5.88 Å². The van der Waals surface area contributed by atoms with Gasteiger partial charge in [0.05, 0.1) is 15.8 Å². The zero-order valence-electron chi connectivity index (χ0n) is 13.1. The molecule has 0 fully saturated rings. The Hall–Kier alpha value is -1.92. The van der Waals surface area contributed by atoms with Gasteiger partial charge < -0.3 is 4.74 Å². The van der Waals surface area contributed by atoms with E-state index >= 15 is 0 Å². The maximum atomic E-state index is 12.6. The molecule has 1 aromatic heterocycles. The highest BCUT2D eigenvalue weighted by atomic mass is 35.5. The third-order valence-corrected chi connectivity index (χ3v) is 4.56. The first-order valence-corrected chi connectivity index (χ1v) is 8.65. The number of rotatable bonds is 5. The number of aryl methyl sites for hydroxylation is 1. The molecule has 0 saturated heterocycles. The number of alkyl halides is 3. The summed E-state index contributed by atoms with van der Waals surface area (Å²) >= 11 is 5.81. The average molecular weight is 393 g/mol. The second-order valence-electron chi connectivity index (χ2n) is 5.03. The van der Waals surface area contributed by atoms with E-state index in [1.165, 1.54) is 12.1 Å². The Morgan fingerprint density at radius 1 is 1.36 bits per heavy atom. The van der Waals surface area contributed by atoms with Crippen LogP contribution in [0.3, 0.4) is 0 Å². The summed E-state index contributed by atoms with van der Waals surface area (Å²) in [4.78, 5) is 14.3. The summed E-state index contributed by atoms with van der Waals surface area (Å²) in [5.74, 6) is 0.0295. The fourth-order valence-corrected chi connectivity index (χ4v) is 3.43. The molecule has 0 saturated carbocycles. The Morgan fingerprint density at radius 2 is 2.04 bits per heavy atom. The predicted molar refractivity (Wildman–Crippen MR) is 90.6 cm³/mol. The summed E-state index contributed by atoms with van der Waals surface area (Å²) in [6, 6.07) is 3.64. The van der Waals surface area contributed by atoms with Gasteiger partial charge in [-0.05, 0) is 31.3 Å². The van der Waals surface area contributed by atoms with Crippen LogP contribution in [-0.2, 0) is 6.18 Å². The highest BCUT2D eigenvalue weighted by molar-refractivity contribution is 7.47. The number of benzene rings is 1. The van der Waals surface area contributed by atoms with E-state index in [0.29, 0.717) is 23.2 Å². The van der Waals surface area contributed by atoms with E-state index in [2.05, 4.69) is 4.98 Å². The van der Waals surface area contributed by atoms with Gasteiger partial charge in [0.15, 0.2) is 0 Å². The average Bonchev–Trinajstić information content (AvgIpc) is 2.47. The fraction of sp³-hybridized carbons (Fsp3) is 0.267. The van der Waals surface area contributed by atoms with E-state index in [9.17, 15) is 23.3 Å². The summed E-state index contributed by atoms with van der Waals surface area (Å²) in [5.41, 5.74) is -0.585. The predicted octanol–water partition coefficient (Wildman–Crippen LogP) is 5.09. The Morgan fingerprint density at radius 3 is 2.56 bits per heavy atom. The van der Waals surface area contributed by atoms with E-state index in [0.717, 1.165) is 6.07 Å². The third kappa shape index (κ3) is 4.58. The number of aromatic nitrogens is 1. The number of nitro groups is 1. The molecule has 1 aromatic carbocycles. The molecule has 1 heterocycles. The lowest BCUT2D eigenvalue weighted by molar-refractivity contribution is -0.384. The van der Waals surface area contributed by atoms with Crippen LogP contribution in [-0.4, -0.2) is 16.1 Å². The molecular weight excluding hydrogens is 380 g/mol. The fourth-order valence-electron chi connectivity index (χ4n) is 2.14. The molecule has 0 N–H and O–H groups in total. The van der Waals surface area contributed by atoms with Gasteiger partial charge in [-0.25, -0.2) is 4.98 Å². The summed E-state index contributed by atoms with van der Waals surface area (Å²) in [6.07, 6.45) is -3.23. The minimum absolute atomic E-state index is 0.0130. The van der Waals surface area contributed by atoms with Crippen LogP contribution in [0, 0.1) is 17.0 Å². The van der Waals surface area contributed by atoms with Crippen molar-refractivity contribution in [3.05, 3.63) is 50.7 Å². The van der Waals surface area contributed by atoms with Crippen LogP contribution in [0.15, 0.2) is 24.4 Å². The van der Waals surface area contributed by atoms with Crippen LogP contribution >= 0.6 is 20.2 Å². The van der Waals surface area contributed by atoms with Gasteiger partial charge in [-0.2, -0.15) is 13.2 Å². The molecule has 0 aliphatic heterocycles. The van der Waals surface area contributed by atoms with Crippen molar-refractivity contribution in [1.29, 1.82) is 0 Å². The minimum Gasteiger partial charge on any atom is -0.438 e. The second-order valence-corrected chi connectivity index (χ2v) is 7.04. The van der Waals surface area contributed by atoms with Gasteiger partial charge in [0.25, 0.3) is 5.69 Å². The highest BCUT2D eigenvalue weighted by Gasteiger charge is 2.32. The molecule has 0 radical (unpaired) electrons. The topological polar surface area (TPSA) is 65.3 Å². The quantitative estimate of drug-likeness (QED) is 0.404. The van der Waals surface area contributed by atoms with Crippen molar-refractivity contribution in [3.63, 3.8) is 0 Å². The molecule has 25 heavy (non-hydrogen) atoms. The molecule has 0 amide bonds. The lowest BCUT2D eigenvalue weighted by atomic mass is 10.2. The van der Waals surface area contributed by atoms with E-state index in [4.69, 9.17) is 16.3 Å². The molecule has 0 aliphatic carbocycles. The van der Waals surface area contributed by atoms with Crippen molar-refractivity contribution in [1.82, 2.24) is 4.98 Å². The van der Waals surface area contributed by atoms with Crippen LogP contribution in [0.5, 0.6) is 11.6 Å². The molecule has 134 valence electrons. The maximum absolute atomic E-state index is 12.6. The number of nitrogens with zero attached hydrogens (tertiary/aromatic N) is 2. The Balaban J connectivity index is 2.39. The zero-order valence-corrected chi connectivity index (χ0v) is 14.9. The number of hydrogen-bond acceptors (Lipinski definition) is 4. The molecule has 2 aromatic rings. The first kappa shape index (κ1) is 19.4. The van der Waals surface area contributed by atoms with Gasteiger partial charge in [0.1, 0.15) is 10.8 Å². The van der Waals surface area contributed by atoms with Gasteiger partial charge in [-0.15, -0.1) is 0 Å². The summed E-state index contributed by atoms with van der Waals surface area (Å²) in [5, 5.41) is 11.4. The number of ether oxygens (including phenoxy) is 1. The minimum atomic E-state index is -4.56. The smallest absolute Gasteiger partial charge is 0.417 e. The standard InChI is InChI=1S/C15H13ClF3N2O3P/c1-3-25-12-6-10(4-8(2)13(12)21(22)23)24-14-11(16)5-9(7-20-14)15(17,18)19/h4-7,25H,3H2,1-2H3. The van der Waals surface area contributed by atoms with Crippen LogP contribution in [0.25, 0.3) is 0 Å². The van der Waals surface area contributed by atoms with Gasteiger partial charge in [-0.1, -0.05) is 27.1 Å². The van der Waals surface area contributed by atoms with E-state index < -0.39 is 16.7 Å². The number of halogens is 4. The van der Waals surface area contributed by atoms with Crippen molar-refractivity contribution in [2.45, 2.75) is 20.0 Å². The number of pyridine rings is 1. The Bertz CT molecular complexity index is 815. The number of hydrogen-bond donors (Lipinski definition) is 0. The Kier molecular flexibility index (Phi) is 5.85. The molecule has 0 aliphatic rings. The lowest BCUT2D eigenvalue weighted by Crippen LogP contribution is -2.08. The van der Waals surface area contributed by atoms with Gasteiger partial charge >= 0.3 is 6.18 Å². The molecule has 2 rings (SSSR count). The van der Waals surface area contributed by atoms with Crippen LogP contribution in [0.4, 0.5) is 18.9 Å². The van der Waals surface area contributed by atoms with Crippen molar-refractivity contribution in [3.8, 4) is 11.6 Å². The highest BCUT2D eigenvalue weighted by Crippen LogP contribution is 2.35. The lowest BCUT2D eigenvalue weighted by Gasteiger charge is -2.12. The van der Waals surface area contributed by atoms with Crippen molar-refractivity contribution in [2.75, 3.05) is 6.16 Å². The van der Waals surface area contributed by atoms with E-state index in [-0.39, 0.29) is 30.9 Å². The van der Waals surface area contributed by atoms with Gasteiger partial charge in [-0.3, -0.25) is 10.1 Å². The van der Waals surface area contributed by atoms with Gasteiger partial charge in [0, 0.05) is 11.8 Å². The summed E-state index contributed by atoms with van der Waals surface area (Å²) in [7, 11) is 0.196.